The number of amides is 1. The van der Waals surface area contributed by atoms with Crippen LogP contribution in [0.3, 0.4) is 0 Å². The van der Waals surface area contributed by atoms with Crippen molar-refractivity contribution in [1.29, 1.82) is 0 Å². The zero-order valence-electron chi connectivity index (χ0n) is 15.5. The van der Waals surface area contributed by atoms with E-state index in [1.165, 1.54) is 32.4 Å². The molecule has 0 bridgehead atoms. The molecule has 0 spiro atoms. The number of nitrogens with one attached hydrogen (secondary N) is 1. The van der Waals surface area contributed by atoms with E-state index in [2.05, 4.69) is 5.32 Å². The number of sulfonamides is 1. The van der Waals surface area contributed by atoms with Crippen molar-refractivity contribution in [3.8, 4) is 5.75 Å². The smallest absolute Gasteiger partial charge is 0.264 e. The van der Waals surface area contributed by atoms with Gasteiger partial charge in [-0.25, -0.2) is 8.42 Å². The first kappa shape index (κ1) is 21.1. The number of methoxy groups -OCH3 is 1. The van der Waals surface area contributed by atoms with Gasteiger partial charge in [-0.1, -0.05) is 24.9 Å². The highest BCUT2D eigenvalue weighted by Crippen LogP contribution is 2.27. The highest BCUT2D eigenvalue weighted by Gasteiger charge is 2.23. The molecule has 1 amide bonds. The van der Waals surface area contributed by atoms with Gasteiger partial charge in [0.15, 0.2) is 0 Å². The van der Waals surface area contributed by atoms with Gasteiger partial charge in [-0.2, -0.15) is 0 Å². The zero-order chi connectivity index (χ0) is 20.0. The number of nitrogens with zero attached hydrogens (tertiary/aromatic N) is 1. The third-order valence-electron chi connectivity index (χ3n) is 4.09. The SMILES string of the molecule is CCCCNC(=O)c1cc(S(=O)(=O)N(C)c2ccc(OC)cc2)ccc1Cl. The minimum atomic E-state index is -3.86. The van der Waals surface area contributed by atoms with Crippen molar-refractivity contribution in [1.82, 2.24) is 5.32 Å². The molecule has 0 saturated carbocycles. The maximum Gasteiger partial charge on any atom is 0.264 e. The summed E-state index contributed by atoms with van der Waals surface area (Å²) in [4.78, 5) is 12.3. The molecule has 0 aliphatic heterocycles. The highest BCUT2D eigenvalue weighted by molar-refractivity contribution is 7.92. The average Bonchev–Trinajstić information content (AvgIpc) is 2.67. The Morgan fingerprint density at radius 3 is 2.44 bits per heavy atom. The van der Waals surface area contributed by atoms with E-state index in [-0.39, 0.29) is 15.5 Å². The monoisotopic (exact) mass is 410 g/mol. The molecule has 0 aromatic heterocycles. The van der Waals surface area contributed by atoms with E-state index in [1.54, 1.807) is 24.3 Å². The fourth-order valence-corrected chi connectivity index (χ4v) is 3.83. The van der Waals surface area contributed by atoms with Crippen LogP contribution >= 0.6 is 11.6 Å². The summed E-state index contributed by atoms with van der Waals surface area (Å²) in [6, 6.07) is 10.8. The van der Waals surface area contributed by atoms with Gasteiger partial charge in [0.1, 0.15) is 5.75 Å². The summed E-state index contributed by atoms with van der Waals surface area (Å²) in [6.07, 6.45) is 1.77. The lowest BCUT2D eigenvalue weighted by Crippen LogP contribution is -2.28. The molecule has 146 valence electrons. The molecular weight excluding hydrogens is 388 g/mol. The van der Waals surface area contributed by atoms with Gasteiger partial charge in [-0.15, -0.1) is 0 Å². The van der Waals surface area contributed by atoms with Crippen molar-refractivity contribution in [3.05, 3.63) is 53.1 Å². The minimum absolute atomic E-state index is 0.00846. The van der Waals surface area contributed by atoms with Gasteiger partial charge in [0, 0.05) is 13.6 Å². The number of hydrogen-bond acceptors (Lipinski definition) is 4. The number of anilines is 1. The summed E-state index contributed by atoms with van der Waals surface area (Å²) in [7, 11) is -0.867. The van der Waals surface area contributed by atoms with Crippen molar-refractivity contribution in [2.45, 2.75) is 24.7 Å². The molecule has 2 aromatic carbocycles. The number of hydrogen-bond donors (Lipinski definition) is 1. The fourth-order valence-electron chi connectivity index (χ4n) is 2.40. The van der Waals surface area contributed by atoms with Crippen LogP contribution in [0.4, 0.5) is 5.69 Å². The topological polar surface area (TPSA) is 75.7 Å². The van der Waals surface area contributed by atoms with E-state index < -0.39 is 15.9 Å². The lowest BCUT2D eigenvalue weighted by atomic mass is 10.2. The van der Waals surface area contributed by atoms with Crippen LogP contribution in [-0.2, 0) is 10.0 Å². The predicted molar refractivity (Wildman–Crippen MR) is 107 cm³/mol. The largest absolute Gasteiger partial charge is 0.497 e. The standard InChI is InChI=1S/C19H23ClN2O4S/c1-4-5-12-21-19(23)17-13-16(10-11-18(17)20)27(24,25)22(2)14-6-8-15(26-3)9-7-14/h6-11,13H,4-5,12H2,1-3H3,(H,21,23). The summed E-state index contributed by atoms with van der Waals surface area (Å²) >= 11 is 6.10. The highest BCUT2D eigenvalue weighted by atomic mass is 35.5. The lowest BCUT2D eigenvalue weighted by molar-refractivity contribution is 0.0953. The van der Waals surface area contributed by atoms with Crippen molar-refractivity contribution >= 4 is 33.2 Å². The summed E-state index contributed by atoms with van der Waals surface area (Å²) in [5, 5.41) is 2.95. The molecule has 1 N–H and O–H groups in total. The van der Waals surface area contributed by atoms with Crippen molar-refractivity contribution in [2.24, 2.45) is 0 Å². The van der Waals surface area contributed by atoms with E-state index >= 15 is 0 Å². The molecule has 0 saturated heterocycles. The van der Waals surface area contributed by atoms with Gasteiger partial charge < -0.3 is 10.1 Å². The molecule has 0 aliphatic carbocycles. The van der Waals surface area contributed by atoms with Crippen LogP contribution in [0.5, 0.6) is 5.75 Å². The first-order valence-electron chi connectivity index (χ1n) is 8.52. The van der Waals surface area contributed by atoms with Gasteiger partial charge in [0.25, 0.3) is 15.9 Å². The number of rotatable bonds is 8. The van der Waals surface area contributed by atoms with Gasteiger partial charge in [-0.3, -0.25) is 9.10 Å². The van der Waals surface area contributed by atoms with E-state index in [1.807, 2.05) is 6.92 Å². The minimum Gasteiger partial charge on any atom is -0.497 e. The van der Waals surface area contributed by atoms with Crippen molar-refractivity contribution in [2.75, 3.05) is 25.0 Å². The maximum absolute atomic E-state index is 13.0. The Kier molecular flexibility index (Phi) is 7.10. The summed E-state index contributed by atoms with van der Waals surface area (Å²) in [6.45, 7) is 2.52. The van der Waals surface area contributed by atoms with Crippen LogP contribution in [0.25, 0.3) is 0 Å². The molecule has 0 heterocycles. The quantitative estimate of drug-likeness (QED) is 0.673. The number of benzene rings is 2. The molecule has 6 nitrogen and oxygen atoms in total. The van der Waals surface area contributed by atoms with Crippen LogP contribution in [-0.4, -0.2) is 35.0 Å². The zero-order valence-corrected chi connectivity index (χ0v) is 17.1. The molecule has 0 unspecified atom stereocenters. The molecule has 0 aliphatic rings. The molecule has 2 aromatic rings. The first-order chi connectivity index (χ1) is 12.8. The molecule has 27 heavy (non-hydrogen) atoms. The van der Waals surface area contributed by atoms with Crippen LogP contribution in [0, 0.1) is 0 Å². The molecule has 8 heteroatoms. The fraction of sp³-hybridized carbons (Fsp3) is 0.316. The average molecular weight is 411 g/mol. The number of unbranched alkanes of at least 4 members (excludes halogenated alkanes) is 1. The van der Waals surface area contributed by atoms with Crippen molar-refractivity contribution in [3.63, 3.8) is 0 Å². The third kappa shape index (κ3) is 4.93. The number of carbonyl (C=O) groups is 1. The predicted octanol–water partition coefficient (Wildman–Crippen LogP) is 3.70. The van der Waals surface area contributed by atoms with Gasteiger partial charge in [-0.05, 0) is 48.9 Å². The van der Waals surface area contributed by atoms with E-state index in [9.17, 15) is 13.2 Å². The van der Waals surface area contributed by atoms with E-state index in [4.69, 9.17) is 16.3 Å². The van der Waals surface area contributed by atoms with Crippen LogP contribution < -0.4 is 14.4 Å². The Bertz CT molecular complexity index is 898. The molecule has 0 radical (unpaired) electrons. The second-order valence-electron chi connectivity index (χ2n) is 5.92. The Labute approximate surface area is 165 Å². The van der Waals surface area contributed by atoms with Crippen molar-refractivity contribution < 1.29 is 17.9 Å². The first-order valence-corrected chi connectivity index (χ1v) is 10.3. The summed E-state index contributed by atoms with van der Waals surface area (Å²) in [5.41, 5.74) is 0.608. The molecule has 0 fully saturated rings. The van der Waals surface area contributed by atoms with Gasteiger partial charge >= 0.3 is 0 Å². The Balaban J connectivity index is 2.31. The van der Waals surface area contributed by atoms with E-state index in [0.29, 0.717) is 18.0 Å². The normalized spacial score (nSPS) is 11.1. The van der Waals surface area contributed by atoms with Gasteiger partial charge in [0.2, 0.25) is 0 Å². The Hall–Kier alpha value is -2.25. The van der Waals surface area contributed by atoms with E-state index in [0.717, 1.165) is 17.1 Å². The second kappa shape index (κ2) is 9.10. The maximum atomic E-state index is 13.0. The third-order valence-corrected chi connectivity index (χ3v) is 6.20. The number of halogens is 1. The lowest BCUT2D eigenvalue weighted by Gasteiger charge is -2.20. The van der Waals surface area contributed by atoms with Crippen LogP contribution in [0.15, 0.2) is 47.4 Å². The number of carbonyl (C=O) groups excluding carboxylic acids is 1. The van der Waals surface area contributed by atoms with Crippen LogP contribution in [0.1, 0.15) is 30.1 Å². The Morgan fingerprint density at radius 2 is 1.85 bits per heavy atom. The summed E-state index contributed by atoms with van der Waals surface area (Å²) in [5.74, 6) is 0.236. The second-order valence-corrected chi connectivity index (χ2v) is 8.30. The Morgan fingerprint density at radius 1 is 1.19 bits per heavy atom. The van der Waals surface area contributed by atoms with Gasteiger partial charge in [0.05, 0.1) is 28.3 Å². The molecule has 2 rings (SSSR count). The summed E-state index contributed by atoms with van der Waals surface area (Å²) < 4.78 is 32.1. The van der Waals surface area contributed by atoms with Crippen LogP contribution in [0.2, 0.25) is 5.02 Å². The molecular formula is C19H23ClN2O4S. The number of ether oxygens (including phenoxy) is 1. The molecule has 0 atom stereocenters.